The molecular weight excluding hydrogens is 360 g/mol. The Morgan fingerprint density at radius 3 is 2.71 bits per heavy atom. The quantitative estimate of drug-likeness (QED) is 0.705. The number of carbonyl (C=O) groups excluding carboxylic acids is 1. The molecule has 146 valence electrons. The molecule has 1 aliphatic rings. The molecule has 0 saturated heterocycles. The van der Waals surface area contributed by atoms with Crippen LogP contribution in [0.15, 0.2) is 42.5 Å². The summed E-state index contributed by atoms with van der Waals surface area (Å²) in [7, 11) is 0. The molecule has 1 atom stereocenters. The van der Waals surface area contributed by atoms with Gasteiger partial charge in [0.1, 0.15) is 11.6 Å². The van der Waals surface area contributed by atoms with E-state index in [1.807, 2.05) is 12.1 Å². The number of H-pyrrole nitrogens is 1. The van der Waals surface area contributed by atoms with E-state index in [0.717, 1.165) is 24.2 Å². The molecule has 2 aromatic carbocycles. The predicted molar refractivity (Wildman–Crippen MR) is 105 cm³/mol. The zero-order valence-corrected chi connectivity index (χ0v) is 15.8. The number of amides is 1. The van der Waals surface area contributed by atoms with Crippen molar-refractivity contribution >= 4 is 16.8 Å². The molecule has 1 aromatic heterocycles. The normalized spacial score (nSPS) is 16.9. The number of nitrogens with zero attached hydrogens (tertiary/aromatic N) is 1. The summed E-state index contributed by atoms with van der Waals surface area (Å²) in [5.41, 5.74) is 3.62. The van der Waals surface area contributed by atoms with E-state index in [1.54, 1.807) is 0 Å². The molecule has 0 radical (unpaired) electrons. The number of aromatic amines is 1. The molecule has 28 heavy (non-hydrogen) atoms. The SMILES string of the molecule is CC1c2[nH]c3ccccc3c2CCN1CC(=O)NCCc1c(F)cccc1F. The Bertz CT molecular complexity index is 994. The van der Waals surface area contributed by atoms with E-state index in [-0.39, 0.29) is 37.0 Å². The Morgan fingerprint density at radius 2 is 1.93 bits per heavy atom. The third-order valence-electron chi connectivity index (χ3n) is 5.57. The summed E-state index contributed by atoms with van der Waals surface area (Å²) in [5, 5.41) is 4.03. The summed E-state index contributed by atoms with van der Waals surface area (Å²) < 4.78 is 27.3. The second-order valence-corrected chi connectivity index (χ2v) is 7.26. The Morgan fingerprint density at radius 1 is 1.18 bits per heavy atom. The Labute approximate surface area is 162 Å². The summed E-state index contributed by atoms with van der Waals surface area (Å²) in [4.78, 5) is 18.0. The third kappa shape index (κ3) is 3.52. The molecule has 0 fully saturated rings. The first kappa shape index (κ1) is 18.6. The average Bonchev–Trinajstić information content (AvgIpc) is 3.06. The van der Waals surface area contributed by atoms with E-state index in [0.29, 0.717) is 0 Å². The highest BCUT2D eigenvalue weighted by atomic mass is 19.1. The number of hydrogen-bond acceptors (Lipinski definition) is 2. The molecule has 0 saturated carbocycles. The minimum atomic E-state index is -0.578. The fourth-order valence-electron chi connectivity index (χ4n) is 4.03. The first-order valence-corrected chi connectivity index (χ1v) is 9.57. The summed E-state index contributed by atoms with van der Waals surface area (Å²) in [6.07, 6.45) is 1.02. The number of hydrogen-bond donors (Lipinski definition) is 2. The lowest BCUT2D eigenvalue weighted by atomic mass is 9.98. The van der Waals surface area contributed by atoms with Crippen molar-refractivity contribution in [1.82, 2.24) is 15.2 Å². The van der Waals surface area contributed by atoms with Gasteiger partial charge in [-0.15, -0.1) is 0 Å². The molecule has 0 spiro atoms. The van der Waals surface area contributed by atoms with Gasteiger partial charge < -0.3 is 10.3 Å². The molecular formula is C22H23F2N3O. The largest absolute Gasteiger partial charge is 0.357 e. The molecule has 4 nitrogen and oxygen atoms in total. The van der Waals surface area contributed by atoms with Gasteiger partial charge in [-0.3, -0.25) is 9.69 Å². The van der Waals surface area contributed by atoms with Gasteiger partial charge in [0, 0.05) is 41.3 Å². The Hall–Kier alpha value is -2.73. The van der Waals surface area contributed by atoms with Crippen molar-refractivity contribution in [2.24, 2.45) is 0 Å². The number of fused-ring (bicyclic) bond motifs is 3. The van der Waals surface area contributed by atoms with Gasteiger partial charge in [-0.2, -0.15) is 0 Å². The topological polar surface area (TPSA) is 48.1 Å². The van der Waals surface area contributed by atoms with Gasteiger partial charge in [0.25, 0.3) is 0 Å². The Balaban J connectivity index is 1.36. The van der Waals surface area contributed by atoms with Crippen molar-refractivity contribution in [3.8, 4) is 0 Å². The molecule has 0 aliphatic carbocycles. The number of aromatic nitrogens is 1. The van der Waals surface area contributed by atoms with Crippen LogP contribution in [0.3, 0.4) is 0 Å². The molecule has 3 aromatic rings. The van der Waals surface area contributed by atoms with Crippen molar-refractivity contribution in [2.75, 3.05) is 19.6 Å². The highest BCUT2D eigenvalue weighted by Gasteiger charge is 2.28. The van der Waals surface area contributed by atoms with Crippen LogP contribution < -0.4 is 5.32 Å². The van der Waals surface area contributed by atoms with E-state index in [4.69, 9.17) is 0 Å². The number of carbonyl (C=O) groups is 1. The van der Waals surface area contributed by atoms with Crippen LogP contribution in [0.25, 0.3) is 10.9 Å². The first-order valence-electron chi connectivity index (χ1n) is 9.57. The van der Waals surface area contributed by atoms with Gasteiger partial charge in [0.05, 0.1) is 6.54 Å². The molecule has 6 heteroatoms. The fraction of sp³-hybridized carbons (Fsp3) is 0.318. The summed E-state index contributed by atoms with van der Waals surface area (Å²) in [5.74, 6) is -1.29. The zero-order valence-electron chi connectivity index (χ0n) is 15.8. The van der Waals surface area contributed by atoms with Crippen LogP contribution in [-0.2, 0) is 17.6 Å². The van der Waals surface area contributed by atoms with Gasteiger partial charge in [0.15, 0.2) is 0 Å². The summed E-state index contributed by atoms with van der Waals surface area (Å²) in [6.45, 7) is 3.35. The highest BCUT2D eigenvalue weighted by Crippen LogP contribution is 2.33. The molecule has 0 bridgehead atoms. The van der Waals surface area contributed by atoms with E-state index in [2.05, 4.69) is 34.3 Å². The number of benzene rings is 2. The van der Waals surface area contributed by atoms with E-state index >= 15 is 0 Å². The van der Waals surface area contributed by atoms with E-state index < -0.39 is 11.6 Å². The zero-order chi connectivity index (χ0) is 19.7. The molecule has 2 N–H and O–H groups in total. The fourth-order valence-corrected chi connectivity index (χ4v) is 4.03. The number of nitrogens with one attached hydrogen (secondary N) is 2. The van der Waals surface area contributed by atoms with Crippen LogP contribution in [0, 0.1) is 11.6 Å². The maximum Gasteiger partial charge on any atom is 0.234 e. The number of halogens is 2. The molecule has 1 aliphatic heterocycles. The lowest BCUT2D eigenvalue weighted by molar-refractivity contribution is -0.122. The smallest absolute Gasteiger partial charge is 0.234 e. The van der Waals surface area contributed by atoms with Crippen LogP contribution in [0.1, 0.15) is 29.8 Å². The van der Waals surface area contributed by atoms with Gasteiger partial charge in [0.2, 0.25) is 5.91 Å². The van der Waals surface area contributed by atoms with Crippen molar-refractivity contribution in [3.05, 3.63) is 70.9 Å². The van der Waals surface area contributed by atoms with Crippen molar-refractivity contribution in [1.29, 1.82) is 0 Å². The van der Waals surface area contributed by atoms with Crippen LogP contribution in [0.5, 0.6) is 0 Å². The van der Waals surface area contributed by atoms with Crippen molar-refractivity contribution < 1.29 is 13.6 Å². The van der Waals surface area contributed by atoms with E-state index in [1.165, 1.54) is 29.1 Å². The minimum absolute atomic E-state index is 0.0110. The van der Waals surface area contributed by atoms with Gasteiger partial charge in [-0.05, 0) is 43.5 Å². The van der Waals surface area contributed by atoms with Crippen molar-refractivity contribution in [2.45, 2.75) is 25.8 Å². The monoisotopic (exact) mass is 383 g/mol. The Kier molecular flexibility index (Phi) is 5.13. The molecule has 1 amide bonds. The lowest BCUT2D eigenvalue weighted by Crippen LogP contribution is -2.42. The highest BCUT2D eigenvalue weighted by molar-refractivity contribution is 5.85. The van der Waals surface area contributed by atoms with Gasteiger partial charge in [-0.1, -0.05) is 24.3 Å². The second-order valence-electron chi connectivity index (χ2n) is 7.26. The summed E-state index contributed by atoms with van der Waals surface area (Å²) >= 11 is 0. The predicted octanol–water partition coefficient (Wildman–Crippen LogP) is 3.72. The minimum Gasteiger partial charge on any atom is -0.357 e. The van der Waals surface area contributed by atoms with Crippen LogP contribution in [0.2, 0.25) is 0 Å². The number of para-hydroxylation sites is 1. The third-order valence-corrected chi connectivity index (χ3v) is 5.57. The lowest BCUT2D eigenvalue weighted by Gasteiger charge is -2.32. The maximum atomic E-state index is 13.7. The van der Waals surface area contributed by atoms with E-state index in [9.17, 15) is 13.6 Å². The van der Waals surface area contributed by atoms with Gasteiger partial charge in [-0.25, -0.2) is 8.78 Å². The van der Waals surface area contributed by atoms with Crippen molar-refractivity contribution in [3.63, 3.8) is 0 Å². The van der Waals surface area contributed by atoms with Crippen LogP contribution >= 0.6 is 0 Å². The van der Waals surface area contributed by atoms with Crippen LogP contribution in [-0.4, -0.2) is 35.4 Å². The molecule has 1 unspecified atom stereocenters. The van der Waals surface area contributed by atoms with Gasteiger partial charge >= 0.3 is 0 Å². The standard InChI is InChI=1S/C22H23F2N3O/c1-14-22-16(15-5-2-3-8-20(15)26-22)10-12-27(14)13-21(28)25-11-9-17-18(23)6-4-7-19(17)24/h2-8,14,26H,9-13H2,1H3,(H,25,28). The molecule has 2 heterocycles. The maximum absolute atomic E-state index is 13.7. The van der Waals surface area contributed by atoms with Crippen LogP contribution in [0.4, 0.5) is 8.78 Å². The number of rotatable bonds is 5. The summed E-state index contributed by atoms with van der Waals surface area (Å²) in [6, 6.07) is 12.1. The second kappa shape index (κ2) is 7.72. The molecule has 4 rings (SSSR count). The first-order chi connectivity index (χ1) is 13.5. The average molecular weight is 383 g/mol.